The molecule has 0 aliphatic rings. The summed E-state index contributed by atoms with van der Waals surface area (Å²) in [4.78, 5) is 3.60. The number of rotatable bonds is 2. The third-order valence-electron chi connectivity index (χ3n) is 0.403. The highest BCUT2D eigenvalue weighted by atomic mass is 15.6. The minimum Gasteiger partial charge on any atom is -0.370 e. The Kier molecular flexibility index (Phi) is 2.76. The molecule has 0 aromatic carbocycles. The summed E-state index contributed by atoms with van der Waals surface area (Å²) in [6.07, 6.45) is 1.62. The summed E-state index contributed by atoms with van der Waals surface area (Å²) >= 11 is 0. The molecule has 0 fully saturated rings. The van der Waals surface area contributed by atoms with Gasteiger partial charge in [-0.3, -0.25) is 0 Å². The maximum Gasteiger partial charge on any atom is 0.186 e. The molecule has 0 aromatic heterocycles. The molecule has 0 heterocycles. The minimum absolute atomic E-state index is 0.111. The zero-order valence-corrected chi connectivity index (χ0v) is 4.09. The Bertz CT molecular complexity index is 80.9. The summed E-state index contributed by atoms with van der Waals surface area (Å²) in [5.74, 6) is 0.111. The molecule has 0 saturated heterocycles. The van der Waals surface area contributed by atoms with Gasteiger partial charge in [0.2, 0.25) is 0 Å². The van der Waals surface area contributed by atoms with Crippen LogP contribution < -0.4 is 11.5 Å². The van der Waals surface area contributed by atoms with Crippen molar-refractivity contribution >= 4 is 5.96 Å². The molecule has 0 rings (SSSR count). The lowest BCUT2D eigenvalue weighted by molar-refractivity contribution is 1.22. The van der Waals surface area contributed by atoms with Crippen molar-refractivity contribution in [3.8, 4) is 0 Å². The summed E-state index contributed by atoms with van der Waals surface area (Å²) < 4.78 is 0. The smallest absolute Gasteiger partial charge is 0.186 e. The highest BCUT2D eigenvalue weighted by molar-refractivity contribution is 5.75. The summed E-state index contributed by atoms with van der Waals surface area (Å²) in [6, 6.07) is 0. The first-order valence-corrected chi connectivity index (χ1v) is 1.93. The first-order valence-electron chi connectivity index (χ1n) is 1.93. The molecule has 0 aromatic rings. The van der Waals surface area contributed by atoms with Crippen molar-refractivity contribution in [1.29, 1.82) is 0 Å². The topological polar surface area (TPSA) is 64.4 Å². The molecule has 0 bridgehead atoms. The van der Waals surface area contributed by atoms with Crippen LogP contribution in [-0.2, 0) is 0 Å². The number of nitrogens with two attached hydrogens (primary N) is 2. The van der Waals surface area contributed by atoms with E-state index in [1.54, 1.807) is 6.08 Å². The van der Waals surface area contributed by atoms with Crippen LogP contribution in [0.5, 0.6) is 0 Å². The molecule has 0 spiro atoms. The van der Waals surface area contributed by atoms with Crippen LogP contribution in [-0.4, -0.2) is 12.5 Å². The molecular formula is C4H9N3. The monoisotopic (exact) mass is 101 g/mol. The van der Waals surface area contributed by atoms with Crippen molar-refractivity contribution in [3.63, 3.8) is 0 Å². The zero-order chi connectivity index (χ0) is 5.70. The second kappa shape index (κ2) is 3.21. The molecule has 0 aliphatic heterocycles. The molecular weight excluding hydrogens is 92.1 g/mol. The van der Waals surface area contributed by atoms with Gasteiger partial charge in [-0.1, -0.05) is 6.08 Å². The van der Waals surface area contributed by atoms with E-state index >= 15 is 0 Å². The van der Waals surface area contributed by atoms with Crippen LogP contribution in [0.3, 0.4) is 0 Å². The fraction of sp³-hybridized carbons (Fsp3) is 0.250. The third-order valence-corrected chi connectivity index (χ3v) is 0.403. The van der Waals surface area contributed by atoms with E-state index in [4.69, 9.17) is 11.5 Å². The van der Waals surface area contributed by atoms with E-state index in [-0.39, 0.29) is 5.96 Å². The number of nitrogens with zero attached hydrogens (tertiary/aromatic N) is 1. The van der Waals surface area contributed by atoms with Crippen molar-refractivity contribution in [2.45, 2.75) is 0 Å². The van der Waals surface area contributed by atoms with Crippen LogP contribution >= 0.6 is 0 Å². The fourth-order valence-corrected chi connectivity index (χ4v) is 0.170. The molecule has 40 valence electrons. The largest absolute Gasteiger partial charge is 0.370 e. The van der Waals surface area contributed by atoms with Crippen molar-refractivity contribution in [1.82, 2.24) is 0 Å². The molecule has 3 nitrogen and oxygen atoms in total. The summed E-state index contributed by atoms with van der Waals surface area (Å²) in [6.45, 7) is 3.92. The van der Waals surface area contributed by atoms with Gasteiger partial charge in [0.15, 0.2) is 5.96 Å². The molecule has 4 N–H and O–H groups in total. The van der Waals surface area contributed by atoms with Crippen molar-refractivity contribution in [2.24, 2.45) is 16.5 Å². The summed E-state index contributed by atoms with van der Waals surface area (Å²) in [5, 5.41) is 0. The van der Waals surface area contributed by atoms with E-state index in [0.717, 1.165) is 0 Å². The second-order valence-corrected chi connectivity index (χ2v) is 1.05. The molecule has 0 radical (unpaired) electrons. The number of hydrogen-bond donors (Lipinski definition) is 2. The van der Waals surface area contributed by atoms with Gasteiger partial charge in [0.25, 0.3) is 0 Å². The lowest BCUT2D eigenvalue weighted by Gasteiger charge is -1.83. The quantitative estimate of drug-likeness (QED) is 0.278. The van der Waals surface area contributed by atoms with Crippen LogP contribution in [0.4, 0.5) is 0 Å². The lowest BCUT2D eigenvalue weighted by Crippen LogP contribution is -2.22. The van der Waals surface area contributed by atoms with Crippen molar-refractivity contribution in [2.75, 3.05) is 6.54 Å². The van der Waals surface area contributed by atoms with Crippen LogP contribution in [0.2, 0.25) is 0 Å². The SMILES string of the molecule is C=CCN=[14C](N)N. The standard InChI is InChI=1S/C4H9N3/c1-2-3-7-4(5)6/h2H,1,3H2,(H4,5,6,7)/i4+2. The van der Waals surface area contributed by atoms with Gasteiger partial charge in [-0.15, -0.1) is 6.58 Å². The van der Waals surface area contributed by atoms with Gasteiger partial charge in [0, 0.05) is 0 Å². The summed E-state index contributed by atoms with van der Waals surface area (Å²) in [7, 11) is 0. The van der Waals surface area contributed by atoms with Gasteiger partial charge in [-0.25, -0.2) is 4.99 Å². The molecule has 0 aliphatic carbocycles. The van der Waals surface area contributed by atoms with Gasteiger partial charge in [0.1, 0.15) is 0 Å². The maximum atomic E-state index is 4.96. The zero-order valence-electron chi connectivity index (χ0n) is 4.09. The molecule has 7 heavy (non-hydrogen) atoms. The Balaban J connectivity index is 3.25. The average molecular weight is 101 g/mol. The number of aliphatic imine (C=N–C) groups is 1. The predicted molar refractivity (Wildman–Crippen MR) is 30.9 cm³/mol. The first kappa shape index (κ1) is 6.01. The molecule has 0 saturated carbocycles. The lowest BCUT2D eigenvalue weighted by atomic mass is 10.7. The fourth-order valence-electron chi connectivity index (χ4n) is 0.170. The highest BCUT2D eigenvalue weighted by Crippen LogP contribution is 1.64. The van der Waals surface area contributed by atoms with Gasteiger partial charge >= 0.3 is 0 Å². The predicted octanol–water partition coefficient (Wildman–Crippen LogP) is -0.554. The van der Waals surface area contributed by atoms with Gasteiger partial charge in [-0.05, 0) is 0 Å². The highest BCUT2D eigenvalue weighted by Gasteiger charge is 1.70. The third kappa shape index (κ3) is 5.01. The van der Waals surface area contributed by atoms with E-state index in [1.165, 1.54) is 0 Å². The normalized spacial score (nSPS) is 7.43. The van der Waals surface area contributed by atoms with Crippen molar-refractivity contribution < 1.29 is 0 Å². The Morgan fingerprint density at radius 2 is 2.29 bits per heavy atom. The Hall–Kier alpha value is -0.990. The van der Waals surface area contributed by atoms with Crippen LogP contribution in [0.1, 0.15) is 0 Å². The maximum absolute atomic E-state index is 4.96. The van der Waals surface area contributed by atoms with E-state index < -0.39 is 0 Å². The average Bonchev–Trinajstić information content (AvgIpc) is 1.61. The molecule has 0 unspecified atom stereocenters. The molecule has 0 atom stereocenters. The van der Waals surface area contributed by atoms with Crippen molar-refractivity contribution in [3.05, 3.63) is 12.7 Å². The number of guanidine groups is 1. The van der Waals surface area contributed by atoms with Crippen LogP contribution in [0, 0.1) is 0 Å². The van der Waals surface area contributed by atoms with E-state index in [1.807, 2.05) is 0 Å². The van der Waals surface area contributed by atoms with Gasteiger partial charge < -0.3 is 11.5 Å². The summed E-state index contributed by atoms with van der Waals surface area (Å²) in [5.41, 5.74) is 9.92. The van der Waals surface area contributed by atoms with Gasteiger partial charge in [0.05, 0.1) is 6.54 Å². The van der Waals surface area contributed by atoms with E-state index in [0.29, 0.717) is 6.54 Å². The number of hydrogen-bond acceptors (Lipinski definition) is 1. The van der Waals surface area contributed by atoms with E-state index in [9.17, 15) is 0 Å². The first-order chi connectivity index (χ1) is 3.27. The molecule has 3 heteroatoms. The van der Waals surface area contributed by atoms with Crippen LogP contribution in [0.25, 0.3) is 0 Å². The Morgan fingerprint density at radius 1 is 1.71 bits per heavy atom. The molecule has 0 amide bonds. The van der Waals surface area contributed by atoms with Crippen LogP contribution in [0.15, 0.2) is 17.6 Å². The Labute approximate surface area is 42.7 Å². The minimum atomic E-state index is 0.111. The van der Waals surface area contributed by atoms with E-state index in [2.05, 4.69) is 11.6 Å². The van der Waals surface area contributed by atoms with Gasteiger partial charge in [-0.2, -0.15) is 0 Å². The second-order valence-electron chi connectivity index (χ2n) is 1.05. The Morgan fingerprint density at radius 3 is 2.43 bits per heavy atom.